The summed E-state index contributed by atoms with van der Waals surface area (Å²) in [6.45, 7) is 0.306. The molecule has 1 atom stereocenters. The Morgan fingerprint density at radius 1 is 1.29 bits per heavy atom. The quantitative estimate of drug-likeness (QED) is 0.782. The summed E-state index contributed by atoms with van der Waals surface area (Å²) in [6.07, 6.45) is 7.83. The molecule has 21 heavy (non-hydrogen) atoms. The molecular weight excluding hydrogens is 269 g/mol. The van der Waals surface area contributed by atoms with Crippen molar-refractivity contribution in [1.82, 2.24) is 0 Å². The van der Waals surface area contributed by atoms with Crippen LogP contribution in [0, 0.1) is 5.82 Å². The van der Waals surface area contributed by atoms with Crippen molar-refractivity contribution in [3.63, 3.8) is 0 Å². The van der Waals surface area contributed by atoms with Gasteiger partial charge in [-0.2, -0.15) is 0 Å². The molecule has 1 aromatic rings. The van der Waals surface area contributed by atoms with Gasteiger partial charge >= 0.3 is 0 Å². The van der Waals surface area contributed by atoms with Gasteiger partial charge in [-0.1, -0.05) is 37.5 Å². The smallest absolute Gasteiger partial charge is 0.129 e. The van der Waals surface area contributed by atoms with E-state index < -0.39 is 17.5 Å². The van der Waals surface area contributed by atoms with Gasteiger partial charge in [-0.3, -0.25) is 0 Å². The van der Waals surface area contributed by atoms with Gasteiger partial charge in [0.1, 0.15) is 5.82 Å². The summed E-state index contributed by atoms with van der Waals surface area (Å²) in [5, 5.41) is 20.3. The molecule has 0 heterocycles. The van der Waals surface area contributed by atoms with E-state index >= 15 is 0 Å². The van der Waals surface area contributed by atoms with E-state index in [0.29, 0.717) is 13.0 Å². The minimum Gasteiger partial charge on any atom is -0.388 e. The molecule has 2 rings (SSSR count). The maximum Gasteiger partial charge on any atom is 0.129 e. The van der Waals surface area contributed by atoms with Crippen LogP contribution < -0.4 is 5.73 Å². The molecule has 1 fully saturated rings. The summed E-state index contributed by atoms with van der Waals surface area (Å²) < 4.78 is 13.7. The molecular formula is C17H24FNO2. The van der Waals surface area contributed by atoms with Crippen LogP contribution in [0.2, 0.25) is 0 Å². The van der Waals surface area contributed by atoms with Crippen LogP contribution in [0.4, 0.5) is 4.39 Å². The zero-order valence-corrected chi connectivity index (χ0v) is 12.3. The normalized spacial score (nSPS) is 19.8. The van der Waals surface area contributed by atoms with E-state index in [1.165, 1.54) is 12.5 Å². The Bertz CT molecular complexity index is 496. The predicted molar refractivity (Wildman–Crippen MR) is 82.1 cm³/mol. The van der Waals surface area contributed by atoms with Gasteiger partial charge in [0.2, 0.25) is 0 Å². The van der Waals surface area contributed by atoms with Gasteiger partial charge in [0, 0.05) is 5.56 Å². The second-order valence-electron chi connectivity index (χ2n) is 5.87. The first-order valence-corrected chi connectivity index (χ1v) is 7.63. The number of benzene rings is 1. The van der Waals surface area contributed by atoms with Crippen molar-refractivity contribution in [1.29, 1.82) is 0 Å². The predicted octanol–water partition coefficient (Wildman–Crippen LogP) is 2.92. The van der Waals surface area contributed by atoms with Crippen LogP contribution >= 0.6 is 0 Å². The molecule has 0 aromatic heterocycles. The van der Waals surface area contributed by atoms with Crippen LogP contribution in [0.5, 0.6) is 0 Å². The van der Waals surface area contributed by atoms with Crippen LogP contribution in [0.25, 0.3) is 6.08 Å². The number of hydrogen-bond acceptors (Lipinski definition) is 3. The zero-order valence-electron chi connectivity index (χ0n) is 12.3. The first-order chi connectivity index (χ1) is 10.0. The molecule has 0 aliphatic heterocycles. The summed E-state index contributed by atoms with van der Waals surface area (Å²) in [7, 11) is 0. The highest BCUT2D eigenvalue weighted by molar-refractivity contribution is 5.52. The van der Waals surface area contributed by atoms with E-state index in [9.17, 15) is 14.6 Å². The molecule has 0 spiro atoms. The SMILES string of the molecule is NCCC(O)c1cc(/C=C/C2(O)CCCCC2)ccc1F. The summed E-state index contributed by atoms with van der Waals surface area (Å²) in [5.74, 6) is -0.426. The highest BCUT2D eigenvalue weighted by atomic mass is 19.1. The summed E-state index contributed by atoms with van der Waals surface area (Å²) in [6, 6.07) is 4.62. The second kappa shape index (κ2) is 7.16. The zero-order chi connectivity index (χ0) is 15.3. The van der Waals surface area contributed by atoms with Crippen molar-refractivity contribution in [3.05, 3.63) is 41.2 Å². The molecule has 1 aliphatic carbocycles. The van der Waals surface area contributed by atoms with E-state index in [2.05, 4.69) is 0 Å². The van der Waals surface area contributed by atoms with Crippen molar-refractivity contribution in [2.24, 2.45) is 5.73 Å². The van der Waals surface area contributed by atoms with Crippen molar-refractivity contribution in [2.45, 2.75) is 50.2 Å². The summed E-state index contributed by atoms with van der Waals surface area (Å²) in [4.78, 5) is 0. The fraction of sp³-hybridized carbons (Fsp3) is 0.529. The lowest BCUT2D eigenvalue weighted by Gasteiger charge is -2.28. The van der Waals surface area contributed by atoms with Crippen LogP contribution in [0.1, 0.15) is 55.8 Å². The van der Waals surface area contributed by atoms with Crippen LogP contribution in [-0.2, 0) is 0 Å². The summed E-state index contributed by atoms with van der Waals surface area (Å²) in [5.41, 5.74) is 5.69. The average Bonchev–Trinajstić information content (AvgIpc) is 2.47. The Morgan fingerprint density at radius 3 is 2.67 bits per heavy atom. The minimum absolute atomic E-state index is 0.262. The van der Waals surface area contributed by atoms with Gasteiger partial charge in [0.25, 0.3) is 0 Å². The number of nitrogens with two attached hydrogens (primary N) is 1. The molecule has 0 bridgehead atoms. The standard InChI is InChI=1S/C17H24FNO2/c18-15-5-4-13(12-14(15)16(20)7-11-19)6-10-17(21)8-2-1-3-9-17/h4-6,10,12,16,20-21H,1-3,7-9,11,19H2/b10-6+. The Morgan fingerprint density at radius 2 is 2.00 bits per heavy atom. The Labute approximate surface area is 125 Å². The van der Waals surface area contributed by atoms with Gasteiger partial charge < -0.3 is 15.9 Å². The largest absolute Gasteiger partial charge is 0.388 e. The molecule has 3 nitrogen and oxygen atoms in total. The first kappa shape index (κ1) is 16.1. The third-order valence-electron chi connectivity index (χ3n) is 4.12. The van der Waals surface area contributed by atoms with Crippen molar-refractivity contribution < 1.29 is 14.6 Å². The average molecular weight is 293 g/mol. The molecule has 4 heteroatoms. The Kier molecular flexibility index (Phi) is 5.51. The Hall–Kier alpha value is -1.23. The van der Waals surface area contributed by atoms with Gasteiger partial charge in [0.15, 0.2) is 0 Å². The lowest BCUT2D eigenvalue weighted by atomic mass is 9.84. The first-order valence-electron chi connectivity index (χ1n) is 7.63. The van der Waals surface area contributed by atoms with E-state index in [1.54, 1.807) is 18.2 Å². The lowest BCUT2D eigenvalue weighted by Crippen LogP contribution is -2.28. The molecule has 116 valence electrons. The number of aliphatic hydroxyl groups is 2. The van der Waals surface area contributed by atoms with Gasteiger partial charge in [0.05, 0.1) is 11.7 Å². The topological polar surface area (TPSA) is 66.5 Å². The molecule has 1 aliphatic rings. The molecule has 0 saturated heterocycles. The molecule has 1 saturated carbocycles. The van der Waals surface area contributed by atoms with Gasteiger partial charge in [-0.05, 0) is 43.5 Å². The Balaban J connectivity index is 2.15. The van der Waals surface area contributed by atoms with Gasteiger partial charge in [-0.15, -0.1) is 0 Å². The molecule has 1 unspecified atom stereocenters. The van der Waals surface area contributed by atoms with E-state index in [0.717, 1.165) is 31.2 Å². The molecule has 0 amide bonds. The maximum atomic E-state index is 13.7. The molecule has 4 N–H and O–H groups in total. The van der Waals surface area contributed by atoms with Crippen LogP contribution in [0.3, 0.4) is 0 Å². The van der Waals surface area contributed by atoms with Crippen molar-refractivity contribution in [3.8, 4) is 0 Å². The van der Waals surface area contributed by atoms with E-state index in [4.69, 9.17) is 5.73 Å². The van der Waals surface area contributed by atoms with Gasteiger partial charge in [-0.25, -0.2) is 4.39 Å². The number of aliphatic hydroxyl groups excluding tert-OH is 1. The van der Waals surface area contributed by atoms with Crippen LogP contribution in [-0.4, -0.2) is 22.4 Å². The third-order valence-corrected chi connectivity index (χ3v) is 4.12. The molecule has 0 radical (unpaired) electrons. The highest BCUT2D eigenvalue weighted by Gasteiger charge is 2.25. The monoisotopic (exact) mass is 293 g/mol. The van der Waals surface area contributed by atoms with Crippen molar-refractivity contribution in [2.75, 3.05) is 6.54 Å². The second-order valence-corrected chi connectivity index (χ2v) is 5.87. The highest BCUT2D eigenvalue weighted by Crippen LogP contribution is 2.30. The third kappa shape index (κ3) is 4.37. The number of rotatable bonds is 5. The van der Waals surface area contributed by atoms with E-state index in [-0.39, 0.29) is 5.56 Å². The molecule has 1 aromatic carbocycles. The van der Waals surface area contributed by atoms with E-state index in [1.807, 2.05) is 6.08 Å². The minimum atomic E-state index is -0.888. The summed E-state index contributed by atoms with van der Waals surface area (Å²) >= 11 is 0. The maximum absolute atomic E-state index is 13.7. The lowest BCUT2D eigenvalue weighted by molar-refractivity contribution is 0.0521. The fourth-order valence-corrected chi connectivity index (χ4v) is 2.82. The van der Waals surface area contributed by atoms with Crippen LogP contribution in [0.15, 0.2) is 24.3 Å². The van der Waals surface area contributed by atoms with Crippen molar-refractivity contribution >= 4 is 6.08 Å². The fourth-order valence-electron chi connectivity index (χ4n) is 2.82. The number of halogens is 1. The number of hydrogen-bond donors (Lipinski definition) is 3.